The molecule has 0 heterocycles. The monoisotopic (exact) mass is 304 g/mol. The fourth-order valence-electron chi connectivity index (χ4n) is 4.42. The average Bonchev–Trinajstić information content (AvgIpc) is 2.85. The molecule has 0 radical (unpaired) electrons. The average molecular weight is 304 g/mol. The maximum Gasteiger partial charge on any atom is 0.137 e. The largest absolute Gasteiger partial charge is 0.386 e. The smallest absolute Gasteiger partial charge is 0.137 e. The number of hydrogen-bond acceptors (Lipinski definition) is 2. The Morgan fingerprint density at radius 2 is 2.14 bits per heavy atom. The molecule has 0 spiro atoms. The van der Waals surface area contributed by atoms with Crippen molar-refractivity contribution in [2.45, 2.75) is 78.2 Å². The molecule has 0 aromatic heterocycles. The molecule has 2 heteroatoms. The van der Waals surface area contributed by atoms with Crippen LogP contribution in [0.1, 0.15) is 72.6 Å². The molecular formula is C20H32O2. The van der Waals surface area contributed by atoms with E-state index in [0.717, 1.165) is 44.9 Å². The molecule has 0 bridgehead atoms. The first kappa shape index (κ1) is 17.5. The van der Waals surface area contributed by atoms with Crippen molar-refractivity contribution < 1.29 is 9.90 Å². The van der Waals surface area contributed by atoms with Crippen molar-refractivity contribution in [1.29, 1.82) is 0 Å². The van der Waals surface area contributed by atoms with Gasteiger partial charge in [-0.15, -0.1) is 0 Å². The lowest BCUT2D eigenvalue weighted by molar-refractivity contribution is -0.128. The molecule has 1 saturated carbocycles. The number of aliphatic hydroxyl groups is 1. The van der Waals surface area contributed by atoms with Crippen LogP contribution in [0.25, 0.3) is 0 Å². The molecule has 0 aromatic carbocycles. The van der Waals surface area contributed by atoms with E-state index in [9.17, 15) is 9.90 Å². The topological polar surface area (TPSA) is 37.3 Å². The van der Waals surface area contributed by atoms with Crippen molar-refractivity contribution in [3.05, 3.63) is 23.8 Å². The number of fused-ring (bicyclic) bond motifs is 1. The quantitative estimate of drug-likeness (QED) is 0.714. The molecule has 2 nitrogen and oxygen atoms in total. The Bertz CT molecular complexity index is 470. The van der Waals surface area contributed by atoms with Crippen molar-refractivity contribution in [2.75, 3.05) is 0 Å². The minimum Gasteiger partial charge on any atom is -0.386 e. The summed E-state index contributed by atoms with van der Waals surface area (Å²) < 4.78 is 0. The van der Waals surface area contributed by atoms with Crippen molar-refractivity contribution in [3.8, 4) is 0 Å². The Kier molecular flexibility index (Phi) is 5.32. The summed E-state index contributed by atoms with van der Waals surface area (Å²) in [6, 6.07) is 0. The standard InChI is InChI=1S/C20H32O2/c1-5-20(22,6-2)14-7-9-15(3)16-11-12-17-18(21)10-8-13-19(16,17)4/h7,11,14-15,17,22H,5-6,8-10,12-13H2,1-4H3/b14-7+/t15-,17?,19+/m0/s1. The van der Waals surface area contributed by atoms with E-state index >= 15 is 0 Å². The normalized spacial score (nSPS) is 30.5. The summed E-state index contributed by atoms with van der Waals surface area (Å²) in [5.74, 6) is 1.15. The molecule has 0 aromatic rings. The van der Waals surface area contributed by atoms with E-state index in [2.05, 4.69) is 26.0 Å². The Morgan fingerprint density at radius 1 is 1.45 bits per heavy atom. The summed E-state index contributed by atoms with van der Waals surface area (Å²) in [6.45, 7) is 8.61. The zero-order chi connectivity index (χ0) is 16.4. The van der Waals surface area contributed by atoms with Gasteiger partial charge in [-0.1, -0.05) is 51.5 Å². The molecule has 0 saturated heterocycles. The van der Waals surface area contributed by atoms with E-state index in [0.29, 0.717) is 11.7 Å². The minimum absolute atomic E-state index is 0.0917. The molecule has 1 N–H and O–H groups in total. The van der Waals surface area contributed by atoms with Gasteiger partial charge in [0.15, 0.2) is 0 Å². The summed E-state index contributed by atoms with van der Waals surface area (Å²) in [7, 11) is 0. The SMILES string of the molecule is CCC(O)(/C=C/C[C@H](C)C1=CCC2C(=O)CCC[C@]12C)CC. The van der Waals surface area contributed by atoms with Crippen LogP contribution in [-0.2, 0) is 4.79 Å². The highest BCUT2D eigenvalue weighted by Crippen LogP contribution is 2.53. The highest BCUT2D eigenvalue weighted by atomic mass is 16.3. The van der Waals surface area contributed by atoms with Gasteiger partial charge in [0.25, 0.3) is 0 Å². The van der Waals surface area contributed by atoms with Crippen LogP contribution in [-0.4, -0.2) is 16.5 Å². The third-order valence-electron chi connectivity index (χ3n) is 6.18. The van der Waals surface area contributed by atoms with Crippen LogP contribution >= 0.6 is 0 Å². The van der Waals surface area contributed by atoms with Gasteiger partial charge in [0, 0.05) is 12.3 Å². The molecule has 22 heavy (non-hydrogen) atoms. The highest BCUT2D eigenvalue weighted by Gasteiger charge is 2.47. The maximum atomic E-state index is 12.2. The Hall–Kier alpha value is -0.890. The zero-order valence-corrected chi connectivity index (χ0v) is 14.7. The Morgan fingerprint density at radius 3 is 2.77 bits per heavy atom. The molecule has 3 atom stereocenters. The van der Waals surface area contributed by atoms with Gasteiger partial charge in [0.05, 0.1) is 5.60 Å². The zero-order valence-electron chi connectivity index (χ0n) is 14.7. The number of rotatable bonds is 6. The van der Waals surface area contributed by atoms with Crippen LogP contribution in [0, 0.1) is 17.3 Å². The van der Waals surface area contributed by atoms with Gasteiger partial charge in [-0.25, -0.2) is 0 Å². The van der Waals surface area contributed by atoms with E-state index in [1.165, 1.54) is 5.57 Å². The summed E-state index contributed by atoms with van der Waals surface area (Å²) in [5.41, 5.74) is 0.914. The molecular weight excluding hydrogens is 272 g/mol. The Labute approximate surface area is 135 Å². The summed E-state index contributed by atoms with van der Waals surface area (Å²) in [6.07, 6.45) is 12.8. The lowest BCUT2D eigenvalue weighted by Gasteiger charge is -2.40. The highest BCUT2D eigenvalue weighted by molar-refractivity contribution is 5.84. The molecule has 1 unspecified atom stereocenters. The van der Waals surface area contributed by atoms with E-state index in [1.807, 2.05) is 19.9 Å². The lowest BCUT2D eigenvalue weighted by Crippen LogP contribution is -2.36. The van der Waals surface area contributed by atoms with Crippen LogP contribution < -0.4 is 0 Å². The van der Waals surface area contributed by atoms with Gasteiger partial charge < -0.3 is 5.11 Å². The van der Waals surface area contributed by atoms with Gasteiger partial charge in [-0.3, -0.25) is 4.79 Å². The Balaban J connectivity index is 2.03. The predicted molar refractivity (Wildman–Crippen MR) is 91.6 cm³/mol. The van der Waals surface area contributed by atoms with E-state index in [-0.39, 0.29) is 11.3 Å². The lowest BCUT2D eigenvalue weighted by atomic mass is 9.63. The van der Waals surface area contributed by atoms with Crippen LogP contribution in [0.5, 0.6) is 0 Å². The van der Waals surface area contributed by atoms with Crippen molar-refractivity contribution in [2.24, 2.45) is 17.3 Å². The molecule has 2 aliphatic rings. The number of carbonyl (C=O) groups excluding carboxylic acids is 1. The first-order valence-corrected chi connectivity index (χ1v) is 8.99. The molecule has 0 amide bonds. The van der Waals surface area contributed by atoms with E-state index in [1.54, 1.807) is 0 Å². The van der Waals surface area contributed by atoms with Gasteiger partial charge >= 0.3 is 0 Å². The third kappa shape index (κ3) is 3.22. The predicted octanol–water partition coefficient (Wildman–Crippen LogP) is 4.83. The second kappa shape index (κ2) is 6.70. The molecule has 0 aliphatic heterocycles. The number of ketones is 1. The van der Waals surface area contributed by atoms with Crippen molar-refractivity contribution in [3.63, 3.8) is 0 Å². The summed E-state index contributed by atoms with van der Waals surface area (Å²) in [5, 5.41) is 10.3. The second-order valence-corrected chi connectivity index (χ2v) is 7.53. The number of Topliss-reactive ketones (excluding diaryl/α,β-unsaturated/α-hetero) is 1. The summed E-state index contributed by atoms with van der Waals surface area (Å²) in [4.78, 5) is 12.2. The number of hydrogen-bond donors (Lipinski definition) is 1. The number of allylic oxidation sites excluding steroid dienone is 3. The van der Waals surface area contributed by atoms with Crippen LogP contribution in [0.4, 0.5) is 0 Å². The minimum atomic E-state index is -0.656. The summed E-state index contributed by atoms with van der Waals surface area (Å²) >= 11 is 0. The van der Waals surface area contributed by atoms with Crippen molar-refractivity contribution >= 4 is 5.78 Å². The maximum absolute atomic E-state index is 12.2. The molecule has 2 rings (SSSR count). The number of carbonyl (C=O) groups is 1. The molecule has 1 fully saturated rings. The van der Waals surface area contributed by atoms with Gasteiger partial charge in [0.2, 0.25) is 0 Å². The second-order valence-electron chi connectivity index (χ2n) is 7.53. The first-order valence-electron chi connectivity index (χ1n) is 8.99. The molecule has 124 valence electrons. The van der Waals surface area contributed by atoms with E-state index < -0.39 is 5.60 Å². The first-order chi connectivity index (χ1) is 10.4. The third-order valence-corrected chi connectivity index (χ3v) is 6.18. The van der Waals surface area contributed by atoms with Crippen LogP contribution in [0.15, 0.2) is 23.8 Å². The fraction of sp³-hybridized carbons (Fsp3) is 0.750. The van der Waals surface area contributed by atoms with Crippen LogP contribution in [0.3, 0.4) is 0 Å². The fourth-order valence-corrected chi connectivity index (χ4v) is 4.42. The van der Waals surface area contributed by atoms with Crippen LogP contribution in [0.2, 0.25) is 0 Å². The van der Waals surface area contributed by atoms with Gasteiger partial charge in [-0.05, 0) is 49.9 Å². The van der Waals surface area contributed by atoms with E-state index in [4.69, 9.17) is 0 Å². The van der Waals surface area contributed by atoms with Crippen molar-refractivity contribution in [1.82, 2.24) is 0 Å². The molecule has 2 aliphatic carbocycles. The van der Waals surface area contributed by atoms with Gasteiger partial charge in [0.1, 0.15) is 5.78 Å². The van der Waals surface area contributed by atoms with Gasteiger partial charge in [-0.2, -0.15) is 0 Å².